The molecule has 0 saturated heterocycles. The topological polar surface area (TPSA) is 35.8 Å². The maximum absolute atomic E-state index is 13.6. The van der Waals surface area contributed by atoms with Crippen molar-refractivity contribution in [3.05, 3.63) is 64.4 Å². The van der Waals surface area contributed by atoms with Crippen molar-refractivity contribution in [2.24, 2.45) is 0 Å². The van der Waals surface area contributed by atoms with Gasteiger partial charge >= 0.3 is 0 Å². The Morgan fingerprint density at radius 2 is 2.05 bits per heavy atom. The Balaban J connectivity index is 2.07. The molecule has 2 rings (SSSR count). The minimum Gasteiger partial charge on any atom is -0.381 e. The summed E-state index contributed by atoms with van der Waals surface area (Å²) in [4.78, 5) is 0. The predicted molar refractivity (Wildman–Crippen MR) is 79.4 cm³/mol. The number of nitrogens with zero attached hydrogens (tertiary/aromatic N) is 1. The van der Waals surface area contributed by atoms with Crippen LogP contribution in [0.2, 0.25) is 5.02 Å². The molecule has 0 bridgehead atoms. The van der Waals surface area contributed by atoms with Crippen LogP contribution in [0.25, 0.3) is 0 Å². The van der Waals surface area contributed by atoms with Gasteiger partial charge < -0.3 is 5.32 Å². The molecule has 4 heteroatoms. The fourth-order valence-electron chi connectivity index (χ4n) is 2.01. The quantitative estimate of drug-likeness (QED) is 0.905. The molecule has 2 aromatic rings. The number of anilines is 1. The lowest BCUT2D eigenvalue weighted by Gasteiger charge is -2.17. The minimum absolute atomic E-state index is 0.0253. The van der Waals surface area contributed by atoms with Crippen LogP contribution in [-0.4, -0.2) is 6.04 Å². The van der Waals surface area contributed by atoms with Gasteiger partial charge in [-0.1, -0.05) is 29.8 Å². The monoisotopic (exact) mass is 288 g/mol. The smallest absolute Gasteiger partial charge is 0.126 e. The largest absolute Gasteiger partial charge is 0.381 e. The van der Waals surface area contributed by atoms with Crippen LogP contribution in [0.15, 0.2) is 42.5 Å². The van der Waals surface area contributed by atoms with Crippen molar-refractivity contribution in [2.75, 3.05) is 5.32 Å². The normalized spacial score (nSPS) is 11.7. The van der Waals surface area contributed by atoms with E-state index in [1.165, 1.54) is 6.07 Å². The third-order valence-corrected chi connectivity index (χ3v) is 3.30. The molecule has 0 aliphatic heterocycles. The lowest BCUT2D eigenvalue weighted by atomic mass is 10.1. The van der Waals surface area contributed by atoms with Gasteiger partial charge in [-0.25, -0.2) is 4.39 Å². The molecule has 1 N–H and O–H groups in total. The van der Waals surface area contributed by atoms with Crippen molar-refractivity contribution in [1.82, 2.24) is 0 Å². The van der Waals surface area contributed by atoms with Gasteiger partial charge in [-0.15, -0.1) is 0 Å². The molecule has 0 amide bonds. The van der Waals surface area contributed by atoms with Gasteiger partial charge in [0, 0.05) is 6.04 Å². The van der Waals surface area contributed by atoms with Gasteiger partial charge in [-0.2, -0.15) is 5.26 Å². The zero-order valence-corrected chi connectivity index (χ0v) is 11.8. The van der Waals surface area contributed by atoms with Crippen LogP contribution in [0.4, 0.5) is 10.1 Å². The second-order valence-electron chi connectivity index (χ2n) is 4.65. The van der Waals surface area contributed by atoms with Gasteiger partial charge in [0.15, 0.2) is 0 Å². The molecule has 1 atom stereocenters. The molecule has 102 valence electrons. The highest BCUT2D eigenvalue weighted by Gasteiger charge is 2.09. The summed E-state index contributed by atoms with van der Waals surface area (Å²) in [5, 5.41) is 12.5. The van der Waals surface area contributed by atoms with Crippen molar-refractivity contribution in [2.45, 2.75) is 19.4 Å². The molecule has 1 unspecified atom stereocenters. The van der Waals surface area contributed by atoms with Gasteiger partial charge in [0.05, 0.1) is 22.3 Å². The number of rotatable bonds is 4. The highest BCUT2D eigenvalue weighted by atomic mass is 35.5. The first-order valence-electron chi connectivity index (χ1n) is 6.29. The van der Waals surface area contributed by atoms with Crippen molar-refractivity contribution in [3.63, 3.8) is 0 Å². The van der Waals surface area contributed by atoms with Crippen molar-refractivity contribution in [3.8, 4) is 6.07 Å². The number of nitriles is 1. The van der Waals surface area contributed by atoms with Crippen molar-refractivity contribution >= 4 is 17.3 Å². The molecule has 2 aromatic carbocycles. The first-order chi connectivity index (χ1) is 9.60. The van der Waals surface area contributed by atoms with E-state index in [0.717, 1.165) is 5.69 Å². The third kappa shape index (κ3) is 3.49. The van der Waals surface area contributed by atoms with Crippen LogP contribution < -0.4 is 5.32 Å². The Bertz CT molecular complexity index is 649. The van der Waals surface area contributed by atoms with E-state index in [2.05, 4.69) is 5.32 Å². The Labute approximate surface area is 122 Å². The Morgan fingerprint density at radius 1 is 1.30 bits per heavy atom. The number of halogens is 2. The van der Waals surface area contributed by atoms with E-state index in [4.69, 9.17) is 16.9 Å². The number of hydrogen-bond acceptors (Lipinski definition) is 2. The summed E-state index contributed by atoms with van der Waals surface area (Å²) >= 11 is 6.10. The molecular weight excluding hydrogens is 275 g/mol. The molecule has 0 aromatic heterocycles. The van der Waals surface area contributed by atoms with E-state index in [0.29, 0.717) is 22.6 Å². The molecular formula is C16H14ClFN2. The summed E-state index contributed by atoms with van der Waals surface area (Å²) in [7, 11) is 0. The highest BCUT2D eigenvalue weighted by Crippen LogP contribution is 2.24. The maximum Gasteiger partial charge on any atom is 0.126 e. The van der Waals surface area contributed by atoms with Crippen LogP contribution in [-0.2, 0) is 6.42 Å². The van der Waals surface area contributed by atoms with Crippen LogP contribution in [0.1, 0.15) is 18.1 Å². The Kier molecular flexibility index (Phi) is 4.60. The average molecular weight is 289 g/mol. The van der Waals surface area contributed by atoms with Crippen LogP contribution in [0.3, 0.4) is 0 Å². The van der Waals surface area contributed by atoms with Gasteiger partial charge in [0.25, 0.3) is 0 Å². The van der Waals surface area contributed by atoms with E-state index in [1.54, 1.807) is 30.3 Å². The Morgan fingerprint density at radius 3 is 2.70 bits per heavy atom. The first-order valence-corrected chi connectivity index (χ1v) is 6.67. The molecule has 20 heavy (non-hydrogen) atoms. The molecule has 2 nitrogen and oxygen atoms in total. The summed E-state index contributed by atoms with van der Waals surface area (Å²) < 4.78 is 13.6. The maximum atomic E-state index is 13.6. The zero-order valence-electron chi connectivity index (χ0n) is 11.0. The van der Waals surface area contributed by atoms with Crippen LogP contribution in [0, 0.1) is 17.1 Å². The van der Waals surface area contributed by atoms with Gasteiger partial charge in [0.1, 0.15) is 5.82 Å². The van der Waals surface area contributed by atoms with E-state index in [-0.39, 0.29) is 11.9 Å². The predicted octanol–water partition coefficient (Wildman–Crippen LogP) is 4.39. The second kappa shape index (κ2) is 6.40. The Hall–Kier alpha value is -2.05. The zero-order chi connectivity index (χ0) is 14.5. The first kappa shape index (κ1) is 14.4. The molecule has 0 spiro atoms. The summed E-state index contributed by atoms with van der Waals surface area (Å²) in [6.07, 6.45) is 0.559. The number of nitrogens with one attached hydrogen (secondary N) is 1. The molecule has 0 radical (unpaired) electrons. The number of hydrogen-bond donors (Lipinski definition) is 1. The summed E-state index contributed by atoms with van der Waals surface area (Å²) in [6.45, 7) is 1.96. The standard InChI is InChI=1S/C16H14ClFN2/c1-11(8-13-4-2-3-5-15(13)18)20-16-7-6-12(10-19)9-14(16)17/h2-7,9,11,20H,8H2,1H3. The van der Waals surface area contributed by atoms with Gasteiger partial charge in [-0.3, -0.25) is 0 Å². The lowest BCUT2D eigenvalue weighted by molar-refractivity contribution is 0.601. The SMILES string of the molecule is CC(Cc1ccccc1F)Nc1ccc(C#N)cc1Cl. The molecule has 0 heterocycles. The van der Waals surface area contributed by atoms with Crippen molar-refractivity contribution < 1.29 is 4.39 Å². The van der Waals surface area contributed by atoms with E-state index in [9.17, 15) is 4.39 Å². The van der Waals surface area contributed by atoms with Crippen molar-refractivity contribution in [1.29, 1.82) is 5.26 Å². The van der Waals surface area contributed by atoms with Gasteiger partial charge in [0.2, 0.25) is 0 Å². The summed E-state index contributed by atoms with van der Waals surface area (Å²) in [5.74, 6) is -0.202. The van der Waals surface area contributed by atoms with Gasteiger partial charge in [-0.05, 0) is 43.2 Å². The highest BCUT2D eigenvalue weighted by molar-refractivity contribution is 6.33. The third-order valence-electron chi connectivity index (χ3n) is 2.98. The van der Waals surface area contributed by atoms with E-state index in [1.807, 2.05) is 19.1 Å². The van der Waals surface area contributed by atoms with Crippen LogP contribution in [0.5, 0.6) is 0 Å². The summed E-state index contributed by atoms with van der Waals surface area (Å²) in [5.41, 5.74) is 1.93. The van der Waals surface area contributed by atoms with Crippen LogP contribution >= 0.6 is 11.6 Å². The second-order valence-corrected chi connectivity index (χ2v) is 5.05. The lowest BCUT2D eigenvalue weighted by Crippen LogP contribution is -2.19. The fourth-order valence-corrected chi connectivity index (χ4v) is 2.25. The molecule has 0 aliphatic carbocycles. The fraction of sp³-hybridized carbons (Fsp3) is 0.188. The molecule has 0 aliphatic rings. The minimum atomic E-state index is -0.202. The molecule has 0 saturated carbocycles. The van der Waals surface area contributed by atoms with E-state index < -0.39 is 0 Å². The molecule has 0 fully saturated rings. The average Bonchev–Trinajstić information content (AvgIpc) is 2.43. The summed E-state index contributed by atoms with van der Waals surface area (Å²) in [6, 6.07) is 13.9. The van der Waals surface area contributed by atoms with E-state index >= 15 is 0 Å². The number of benzene rings is 2.